The van der Waals surface area contributed by atoms with Crippen molar-refractivity contribution >= 4 is 0 Å². The van der Waals surface area contributed by atoms with Crippen LogP contribution in [0.25, 0.3) is 11.1 Å². The summed E-state index contributed by atoms with van der Waals surface area (Å²) >= 11 is 0. The van der Waals surface area contributed by atoms with Crippen LogP contribution in [0.5, 0.6) is 11.5 Å². The average molecular weight is 497 g/mol. The Hall–Kier alpha value is -2.12. The molecule has 6 nitrogen and oxygen atoms in total. The quantitative estimate of drug-likeness (QED) is 0.400. The highest BCUT2D eigenvalue weighted by Crippen LogP contribution is 2.39. The zero-order chi connectivity index (χ0) is 25.3. The maximum absolute atomic E-state index is 9.74. The van der Waals surface area contributed by atoms with Crippen molar-refractivity contribution in [2.24, 2.45) is 0 Å². The number of aryl methyl sites for hydroxylation is 1. The van der Waals surface area contributed by atoms with Crippen LogP contribution in [-0.2, 0) is 0 Å². The highest BCUT2D eigenvalue weighted by atomic mass is 16.5. The normalized spacial score (nSPS) is 20.8. The van der Waals surface area contributed by atoms with Gasteiger partial charge in [-0.25, -0.2) is 0 Å². The van der Waals surface area contributed by atoms with Gasteiger partial charge in [0.1, 0.15) is 0 Å². The van der Waals surface area contributed by atoms with Crippen LogP contribution in [0.2, 0.25) is 0 Å². The van der Waals surface area contributed by atoms with Crippen molar-refractivity contribution in [1.29, 1.82) is 0 Å². The first-order valence-electron chi connectivity index (χ1n) is 13.8. The van der Waals surface area contributed by atoms with Crippen molar-refractivity contribution in [3.63, 3.8) is 0 Å². The Balaban J connectivity index is 1.34. The van der Waals surface area contributed by atoms with Crippen LogP contribution in [0.4, 0.5) is 0 Å². The third-order valence-electron chi connectivity index (χ3n) is 7.54. The Morgan fingerprint density at radius 2 is 1.42 bits per heavy atom. The maximum atomic E-state index is 9.74. The lowest BCUT2D eigenvalue weighted by molar-refractivity contribution is 0.172. The van der Waals surface area contributed by atoms with Crippen molar-refractivity contribution in [2.75, 3.05) is 52.5 Å². The number of aliphatic hydroxyl groups excluding tert-OH is 2. The van der Waals surface area contributed by atoms with Gasteiger partial charge in [0.15, 0.2) is 11.5 Å². The minimum atomic E-state index is -0.176. The first-order valence-corrected chi connectivity index (χ1v) is 13.8. The van der Waals surface area contributed by atoms with E-state index in [0.717, 1.165) is 94.9 Å². The molecule has 2 aliphatic rings. The van der Waals surface area contributed by atoms with E-state index in [0.29, 0.717) is 13.2 Å². The largest absolute Gasteiger partial charge is 0.490 e. The Kier molecular flexibility index (Phi) is 10.0. The summed E-state index contributed by atoms with van der Waals surface area (Å²) in [6.45, 7) is 11.2. The third kappa shape index (κ3) is 7.45. The van der Waals surface area contributed by atoms with Crippen LogP contribution in [0, 0.1) is 13.8 Å². The first kappa shape index (κ1) is 26.9. The van der Waals surface area contributed by atoms with Crippen LogP contribution in [0.1, 0.15) is 49.7 Å². The molecular weight excluding hydrogens is 452 g/mol. The topological polar surface area (TPSA) is 65.4 Å². The molecule has 0 radical (unpaired) electrons. The molecule has 2 unspecified atom stereocenters. The number of hydrogen-bond donors (Lipinski definition) is 2. The average Bonchev–Trinajstić information content (AvgIpc) is 3.48. The van der Waals surface area contributed by atoms with E-state index in [1.807, 2.05) is 0 Å². The second kappa shape index (κ2) is 13.4. The zero-order valence-corrected chi connectivity index (χ0v) is 22.1. The molecule has 2 atom stereocenters. The Bertz CT molecular complexity index is 966. The second-order valence-corrected chi connectivity index (χ2v) is 10.5. The molecule has 4 rings (SSSR count). The van der Waals surface area contributed by atoms with Gasteiger partial charge in [0.05, 0.1) is 25.4 Å². The van der Waals surface area contributed by atoms with E-state index in [2.05, 4.69) is 60.0 Å². The van der Waals surface area contributed by atoms with Gasteiger partial charge in [-0.1, -0.05) is 30.3 Å². The molecule has 198 valence electrons. The lowest BCUT2D eigenvalue weighted by atomic mass is 9.96. The summed E-state index contributed by atoms with van der Waals surface area (Å²) in [5.41, 5.74) is 4.79. The number of nitrogens with zero attached hydrogens (tertiary/aromatic N) is 2. The van der Waals surface area contributed by atoms with E-state index < -0.39 is 0 Å². The van der Waals surface area contributed by atoms with E-state index in [1.54, 1.807) is 0 Å². The molecule has 2 saturated heterocycles. The molecule has 2 N–H and O–H groups in total. The molecule has 2 aromatic rings. The van der Waals surface area contributed by atoms with Crippen molar-refractivity contribution in [3.8, 4) is 22.6 Å². The summed E-state index contributed by atoms with van der Waals surface area (Å²) in [6.07, 6.45) is 5.63. The maximum Gasteiger partial charge on any atom is 0.164 e. The molecule has 0 spiro atoms. The number of rotatable bonds is 13. The molecule has 6 heteroatoms. The van der Waals surface area contributed by atoms with Crippen LogP contribution < -0.4 is 9.47 Å². The summed E-state index contributed by atoms with van der Waals surface area (Å²) < 4.78 is 12.6. The minimum absolute atomic E-state index is 0.141. The number of benzene rings is 2. The van der Waals surface area contributed by atoms with Gasteiger partial charge in [0.25, 0.3) is 0 Å². The van der Waals surface area contributed by atoms with Gasteiger partial charge in [0.2, 0.25) is 0 Å². The van der Waals surface area contributed by atoms with Crippen molar-refractivity contribution in [3.05, 3.63) is 47.5 Å². The molecule has 2 aliphatic heterocycles. The lowest BCUT2D eigenvalue weighted by Gasteiger charge is -2.20. The van der Waals surface area contributed by atoms with Gasteiger partial charge in [-0.2, -0.15) is 0 Å². The van der Waals surface area contributed by atoms with Crippen molar-refractivity contribution in [1.82, 2.24) is 9.80 Å². The number of unbranched alkanes of at least 4 members (excludes halogenated alkanes) is 2. The number of likely N-dealkylation sites (tertiary alicyclic amines) is 2. The van der Waals surface area contributed by atoms with Crippen molar-refractivity contribution < 1.29 is 19.7 Å². The minimum Gasteiger partial charge on any atom is -0.490 e. The van der Waals surface area contributed by atoms with Crippen LogP contribution in [-0.4, -0.2) is 84.7 Å². The highest BCUT2D eigenvalue weighted by Gasteiger charge is 2.20. The molecule has 0 aromatic heterocycles. The molecule has 2 aromatic carbocycles. The standard InChI is InChI=1S/C30H44N2O4/c1-23-9-4-5-10-27(23)28-11-12-29(35-20-8-16-32-18-14-26(34)22-32)30(24(28)2)36-19-7-3-6-15-31-17-13-25(33)21-31/h4-5,9-12,25-26,33-34H,3,6-8,13-22H2,1-2H3. The van der Waals surface area contributed by atoms with Crippen LogP contribution in [0.3, 0.4) is 0 Å². The van der Waals surface area contributed by atoms with Crippen molar-refractivity contribution in [2.45, 2.75) is 64.6 Å². The number of β-amino-alcohol motifs (C(OH)–C–C–N with tert-alkyl or cyclic N) is 2. The number of ether oxygens (including phenoxy) is 2. The fourth-order valence-electron chi connectivity index (χ4n) is 5.42. The van der Waals surface area contributed by atoms with E-state index in [1.165, 1.54) is 16.7 Å². The van der Waals surface area contributed by atoms with E-state index >= 15 is 0 Å². The predicted octanol–water partition coefficient (Wildman–Crippen LogP) is 4.42. The van der Waals surface area contributed by atoms with Crippen LogP contribution >= 0.6 is 0 Å². The summed E-state index contributed by atoms with van der Waals surface area (Å²) in [5.74, 6) is 1.67. The Morgan fingerprint density at radius 3 is 2.08 bits per heavy atom. The molecule has 0 saturated carbocycles. The zero-order valence-electron chi connectivity index (χ0n) is 22.1. The van der Waals surface area contributed by atoms with E-state index in [4.69, 9.17) is 9.47 Å². The van der Waals surface area contributed by atoms with Gasteiger partial charge < -0.3 is 29.5 Å². The molecule has 0 aliphatic carbocycles. The van der Waals surface area contributed by atoms with Gasteiger partial charge in [0, 0.05) is 38.3 Å². The SMILES string of the molecule is Cc1ccccc1-c1ccc(OCCCN2CCC(O)C2)c(OCCCCCN2CCC(O)C2)c1C. The summed E-state index contributed by atoms with van der Waals surface area (Å²) in [7, 11) is 0. The van der Waals surface area contributed by atoms with Gasteiger partial charge in [-0.15, -0.1) is 0 Å². The predicted molar refractivity (Wildman–Crippen MR) is 145 cm³/mol. The summed E-state index contributed by atoms with van der Waals surface area (Å²) in [4.78, 5) is 4.66. The fraction of sp³-hybridized carbons (Fsp3) is 0.600. The molecule has 36 heavy (non-hydrogen) atoms. The van der Waals surface area contributed by atoms with Gasteiger partial charge in [-0.3, -0.25) is 0 Å². The molecule has 0 amide bonds. The van der Waals surface area contributed by atoms with Gasteiger partial charge >= 0.3 is 0 Å². The molecule has 0 bridgehead atoms. The molecular formula is C30H44N2O4. The lowest BCUT2D eigenvalue weighted by Crippen LogP contribution is -2.24. The number of hydrogen-bond acceptors (Lipinski definition) is 6. The monoisotopic (exact) mass is 496 g/mol. The number of aliphatic hydroxyl groups is 2. The summed E-state index contributed by atoms with van der Waals surface area (Å²) in [5, 5.41) is 19.4. The van der Waals surface area contributed by atoms with E-state index in [-0.39, 0.29) is 12.2 Å². The Morgan fingerprint density at radius 1 is 0.750 bits per heavy atom. The highest BCUT2D eigenvalue weighted by molar-refractivity contribution is 5.74. The third-order valence-corrected chi connectivity index (χ3v) is 7.54. The smallest absolute Gasteiger partial charge is 0.164 e. The fourth-order valence-corrected chi connectivity index (χ4v) is 5.42. The summed E-state index contributed by atoms with van der Waals surface area (Å²) in [6, 6.07) is 12.7. The van der Waals surface area contributed by atoms with E-state index in [9.17, 15) is 10.2 Å². The molecule has 2 heterocycles. The van der Waals surface area contributed by atoms with Crippen LogP contribution in [0.15, 0.2) is 36.4 Å². The first-order chi connectivity index (χ1) is 17.5. The second-order valence-electron chi connectivity index (χ2n) is 10.5. The van der Waals surface area contributed by atoms with Gasteiger partial charge in [-0.05, 0) is 81.7 Å². The Labute approximate surface area is 216 Å². The molecule has 2 fully saturated rings.